The van der Waals surface area contributed by atoms with E-state index >= 15 is 0 Å². The highest BCUT2D eigenvalue weighted by atomic mass is 16.1. The van der Waals surface area contributed by atoms with Gasteiger partial charge in [0, 0.05) is 19.1 Å². The molecule has 2 aromatic rings. The molecule has 5 heteroatoms. The summed E-state index contributed by atoms with van der Waals surface area (Å²) in [6.07, 6.45) is 21.4. The number of allylic oxidation sites excluding steroid dienone is 5. The number of hydrogen-bond acceptors (Lipinski definition) is 4. The highest BCUT2D eigenvalue weighted by molar-refractivity contribution is 6.12. The second-order valence-corrected chi connectivity index (χ2v) is 12.3. The highest BCUT2D eigenvalue weighted by Crippen LogP contribution is 2.36. The number of rotatable bonds is 14. The quantitative estimate of drug-likeness (QED) is 0.0968. The number of carbonyl (C=O) groups excluding carboxylic acids is 1. The maximum atomic E-state index is 11.5. The number of aryl methyl sites for hydroxylation is 2. The van der Waals surface area contributed by atoms with Crippen molar-refractivity contribution in [1.29, 1.82) is 0 Å². The van der Waals surface area contributed by atoms with Gasteiger partial charge in [0.15, 0.2) is 6.29 Å². The van der Waals surface area contributed by atoms with E-state index < -0.39 is 0 Å². The van der Waals surface area contributed by atoms with Crippen LogP contribution < -0.4 is 0 Å². The Bertz CT molecular complexity index is 1410. The molecule has 2 heterocycles. The second kappa shape index (κ2) is 15.4. The number of nitrogens with zero attached hydrogens (tertiary/aromatic N) is 4. The zero-order chi connectivity index (χ0) is 30.9. The molecule has 1 aromatic heterocycles. The van der Waals surface area contributed by atoms with Crippen LogP contribution in [0, 0.1) is 13.8 Å². The molecule has 2 aliphatic rings. The number of benzene rings is 1. The van der Waals surface area contributed by atoms with Gasteiger partial charge in [0.25, 0.3) is 0 Å². The first-order valence-electron chi connectivity index (χ1n) is 16.5. The first-order valence-corrected chi connectivity index (χ1v) is 16.5. The topological polar surface area (TPSA) is 50.5 Å². The van der Waals surface area contributed by atoms with Gasteiger partial charge in [0.05, 0.1) is 23.2 Å². The fraction of sp³-hybridized carbons (Fsp3) is 0.500. The largest absolute Gasteiger partial charge is 0.298 e. The number of aldehydes is 1. The first kappa shape index (κ1) is 32.6. The third kappa shape index (κ3) is 7.62. The summed E-state index contributed by atoms with van der Waals surface area (Å²) in [7, 11) is 0. The van der Waals surface area contributed by atoms with E-state index in [1.54, 1.807) is 22.0 Å². The summed E-state index contributed by atoms with van der Waals surface area (Å²) >= 11 is 0. The molecule has 1 aliphatic carbocycles. The minimum Gasteiger partial charge on any atom is -0.298 e. The maximum absolute atomic E-state index is 11.5. The number of carbonyl (C=O) groups is 1. The van der Waals surface area contributed by atoms with Crippen molar-refractivity contribution in [2.24, 2.45) is 4.99 Å². The Morgan fingerprint density at radius 1 is 1.12 bits per heavy atom. The number of aliphatic imine (C=N–C) groups is 1. The SMILES string of the molecule is C=C(CCc1cc(C)c2c(c1C)CN(C1CCCCC1)C2)C(=C\CCCC)/C(/C=C\C)=N/C(=C)n1ncc(C=O)c1CC. The van der Waals surface area contributed by atoms with Gasteiger partial charge < -0.3 is 0 Å². The van der Waals surface area contributed by atoms with Gasteiger partial charge >= 0.3 is 0 Å². The van der Waals surface area contributed by atoms with Crippen molar-refractivity contribution >= 4 is 17.8 Å². The monoisotopic (exact) mass is 580 g/mol. The third-order valence-electron chi connectivity index (χ3n) is 9.42. The first-order chi connectivity index (χ1) is 20.8. The Balaban J connectivity index is 1.56. The molecule has 0 amide bonds. The van der Waals surface area contributed by atoms with E-state index in [1.807, 2.05) is 26.0 Å². The van der Waals surface area contributed by atoms with E-state index in [1.165, 1.54) is 48.8 Å². The lowest BCUT2D eigenvalue weighted by molar-refractivity contribution is 0.112. The van der Waals surface area contributed by atoms with Gasteiger partial charge in [0.1, 0.15) is 5.82 Å². The molecule has 5 nitrogen and oxygen atoms in total. The normalized spacial score (nSPS) is 16.7. The summed E-state index contributed by atoms with van der Waals surface area (Å²) in [5, 5.41) is 4.42. The van der Waals surface area contributed by atoms with Gasteiger partial charge in [-0.05, 0) is 104 Å². The van der Waals surface area contributed by atoms with Gasteiger partial charge in [-0.3, -0.25) is 9.69 Å². The van der Waals surface area contributed by atoms with Crippen LogP contribution in [0.3, 0.4) is 0 Å². The van der Waals surface area contributed by atoms with Crippen molar-refractivity contribution in [3.05, 3.63) is 93.9 Å². The molecule has 1 saturated carbocycles. The zero-order valence-corrected chi connectivity index (χ0v) is 27.3. The standard InChI is InChI=1S/C38H52N4O/c1-8-11-13-19-34(37(16-9-2)40-30(7)42-38(10-3)32(26-43)23-39-42)27(4)20-21-31-22-28(5)35-24-41(25-36(35)29(31)6)33-17-14-12-15-18-33/h9,16,19,22-23,26,33H,4,7-8,10-15,17-18,20-21,24-25H2,1-3,5-6H3/b16-9-,34-19+,40-37+. The number of aromatic nitrogens is 2. The Kier molecular flexibility index (Phi) is 11.7. The van der Waals surface area contributed by atoms with Crippen molar-refractivity contribution < 1.29 is 4.79 Å². The fourth-order valence-corrected chi connectivity index (χ4v) is 6.87. The molecule has 0 N–H and O–H groups in total. The number of hydrogen-bond donors (Lipinski definition) is 0. The Hall–Kier alpha value is -3.31. The molecule has 1 aliphatic heterocycles. The van der Waals surface area contributed by atoms with Crippen LogP contribution >= 0.6 is 0 Å². The highest BCUT2D eigenvalue weighted by Gasteiger charge is 2.29. The summed E-state index contributed by atoms with van der Waals surface area (Å²) < 4.78 is 1.69. The zero-order valence-electron chi connectivity index (χ0n) is 27.3. The molecule has 4 rings (SSSR count). The number of unbranched alkanes of at least 4 members (excludes halogenated alkanes) is 2. The Morgan fingerprint density at radius 2 is 1.86 bits per heavy atom. The molecule has 0 spiro atoms. The molecule has 43 heavy (non-hydrogen) atoms. The molecule has 230 valence electrons. The number of fused-ring (bicyclic) bond motifs is 1. The lowest BCUT2D eigenvalue weighted by Crippen LogP contribution is -2.32. The van der Waals surface area contributed by atoms with E-state index in [0.717, 1.165) is 80.1 Å². The van der Waals surface area contributed by atoms with Gasteiger partial charge in [0.2, 0.25) is 0 Å². The summed E-state index contributed by atoms with van der Waals surface area (Å²) in [6, 6.07) is 3.18. The van der Waals surface area contributed by atoms with Crippen LogP contribution in [0.25, 0.3) is 5.82 Å². The van der Waals surface area contributed by atoms with E-state index in [2.05, 4.69) is 56.1 Å². The van der Waals surface area contributed by atoms with Crippen LogP contribution in [0.2, 0.25) is 0 Å². The molecule has 0 radical (unpaired) electrons. The molecule has 1 aromatic carbocycles. The van der Waals surface area contributed by atoms with E-state index in [-0.39, 0.29) is 0 Å². The Labute approximate surface area is 260 Å². The molecule has 0 atom stereocenters. The summed E-state index contributed by atoms with van der Waals surface area (Å²) in [5.74, 6) is 0.500. The third-order valence-corrected chi connectivity index (χ3v) is 9.42. The minimum atomic E-state index is 0.500. The molecule has 0 saturated heterocycles. The van der Waals surface area contributed by atoms with Crippen molar-refractivity contribution in [2.45, 2.75) is 124 Å². The van der Waals surface area contributed by atoms with Gasteiger partial charge in [-0.1, -0.05) is 77.3 Å². The summed E-state index contributed by atoms with van der Waals surface area (Å²) in [4.78, 5) is 19.2. The lowest BCUT2D eigenvalue weighted by Gasteiger charge is -2.30. The van der Waals surface area contributed by atoms with Crippen molar-refractivity contribution in [1.82, 2.24) is 14.7 Å². The van der Waals surface area contributed by atoms with Crippen LogP contribution in [0.5, 0.6) is 0 Å². The predicted molar refractivity (Wildman–Crippen MR) is 182 cm³/mol. The predicted octanol–water partition coefficient (Wildman–Crippen LogP) is 9.27. The van der Waals surface area contributed by atoms with Crippen LogP contribution in [0.15, 0.2) is 59.8 Å². The molecule has 0 bridgehead atoms. The van der Waals surface area contributed by atoms with Crippen LogP contribution in [0.4, 0.5) is 0 Å². The average Bonchev–Trinajstić information content (AvgIpc) is 3.66. The minimum absolute atomic E-state index is 0.500. The van der Waals surface area contributed by atoms with E-state index in [9.17, 15) is 4.79 Å². The van der Waals surface area contributed by atoms with Crippen molar-refractivity contribution in [3.63, 3.8) is 0 Å². The average molecular weight is 581 g/mol. The van der Waals surface area contributed by atoms with Crippen LogP contribution in [0.1, 0.15) is 122 Å². The maximum Gasteiger partial charge on any atom is 0.153 e. The molecular weight excluding hydrogens is 528 g/mol. The molecule has 1 fully saturated rings. The second-order valence-electron chi connectivity index (χ2n) is 12.3. The summed E-state index contributed by atoms with van der Waals surface area (Å²) in [6.45, 7) is 21.9. The molecule has 0 unspecified atom stereocenters. The Morgan fingerprint density at radius 3 is 2.53 bits per heavy atom. The van der Waals surface area contributed by atoms with Gasteiger partial charge in [-0.25, -0.2) is 9.67 Å². The lowest BCUT2D eigenvalue weighted by atomic mass is 9.89. The summed E-state index contributed by atoms with van der Waals surface area (Å²) in [5.41, 5.74) is 11.9. The van der Waals surface area contributed by atoms with Crippen LogP contribution in [-0.4, -0.2) is 32.7 Å². The smallest absolute Gasteiger partial charge is 0.153 e. The van der Waals surface area contributed by atoms with Crippen molar-refractivity contribution in [2.75, 3.05) is 0 Å². The van der Waals surface area contributed by atoms with Gasteiger partial charge in [-0.15, -0.1) is 0 Å². The van der Waals surface area contributed by atoms with E-state index in [0.29, 0.717) is 17.8 Å². The fourth-order valence-electron chi connectivity index (χ4n) is 6.87. The van der Waals surface area contributed by atoms with Gasteiger partial charge in [-0.2, -0.15) is 5.10 Å². The van der Waals surface area contributed by atoms with Crippen LogP contribution in [-0.2, 0) is 25.9 Å². The molecular formula is C38H52N4O. The van der Waals surface area contributed by atoms with Crippen molar-refractivity contribution in [3.8, 4) is 0 Å². The van der Waals surface area contributed by atoms with E-state index in [4.69, 9.17) is 4.99 Å².